The van der Waals surface area contributed by atoms with Crippen LogP contribution in [0.3, 0.4) is 0 Å². The van der Waals surface area contributed by atoms with Gasteiger partial charge in [-0.3, -0.25) is 52.7 Å². The Balaban J connectivity index is 2.40. The van der Waals surface area contributed by atoms with Crippen LogP contribution in [0.5, 0.6) is 0 Å². The fourth-order valence-electron chi connectivity index (χ4n) is 7.01. The van der Waals surface area contributed by atoms with Crippen LogP contribution in [-0.4, -0.2) is 178 Å². The van der Waals surface area contributed by atoms with Crippen LogP contribution in [-0.2, 0) is 129 Å². The lowest BCUT2D eigenvalue weighted by molar-refractivity contribution is -0.391. The van der Waals surface area contributed by atoms with Crippen molar-refractivity contribution in [2.24, 2.45) is 0 Å². The molecule has 3 aliphatic rings. The second-order valence-electron chi connectivity index (χ2n) is 14.9. The van der Waals surface area contributed by atoms with Gasteiger partial charge in [-0.15, -0.1) is 0 Å². The van der Waals surface area contributed by atoms with Crippen LogP contribution in [0, 0.1) is 0 Å². The van der Waals surface area contributed by atoms with Gasteiger partial charge in [0.05, 0.1) is 0 Å². The fourth-order valence-corrected chi connectivity index (χ4v) is 7.01. The summed E-state index contributed by atoms with van der Waals surface area (Å²) in [5.74, 6) is -10.8. The Morgan fingerprint density at radius 3 is 0.776 bits per heavy atom. The van der Waals surface area contributed by atoms with E-state index in [1.54, 1.807) is 0 Å². The van der Waals surface area contributed by atoms with Gasteiger partial charge in [0.15, 0.2) is 67.5 Å². The Hall–Kier alpha value is -6.03. The molecule has 0 amide bonds. The van der Waals surface area contributed by atoms with Crippen LogP contribution < -0.4 is 0 Å². The number of carbonyl (C=O) groups excluding carboxylic acids is 11. The van der Waals surface area contributed by atoms with E-state index in [9.17, 15) is 52.7 Å². The van der Waals surface area contributed by atoms with Crippen LogP contribution in [0.15, 0.2) is 0 Å². The smallest absolute Gasteiger partial charge is 0.305 e. The van der Waals surface area contributed by atoms with Gasteiger partial charge in [0.1, 0.15) is 38.1 Å². The molecular formula is C40H54O27. The van der Waals surface area contributed by atoms with Crippen LogP contribution in [0.2, 0.25) is 0 Å². The Labute approximate surface area is 382 Å². The molecule has 67 heavy (non-hydrogen) atoms. The van der Waals surface area contributed by atoms with Gasteiger partial charge in [-0.1, -0.05) is 0 Å². The van der Waals surface area contributed by atoms with E-state index >= 15 is 0 Å². The van der Waals surface area contributed by atoms with Crippen molar-refractivity contribution in [2.75, 3.05) is 19.8 Å². The molecule has 376 valence electrons. The van der Waals surface area contributed by atoms with Crippen molar-refractivity contribution >= 4 is 65.7 Å². The highest BCUT2D eigenvalue weighted by Crippen LogP contribution is 2.38. The SMILES string of the molecule is CC(=O)OC[C@@H]1O[C@@H](O[C@H]2[C@@H](O[C@@H]3[C@@H](OC(C)=O)O[C@@H](COC(C)=O)[C@@H](OC(C)=O)[C@H]3OC(C)=O)O[C@H](COC(C)=O)[C@H](OC(C)=O)[C@H]2OC(C)=O)[C@@H](OC(C)=O)[C@H](OC(C)=O)[C@H]1OC(C)=O. The zero-order valence-corrected chi connectivity index (χ0v) is 38.3. The number of rotatable bonds is 18. The number of carbonyl (C=O) groups is 11. The molecule has 0 N–H and O–H groups in total. The number of ether oxygens (including phenoxy) is 16. The third kappa shape index (κ3) is 17.0. The van der Waals surface area contributed by atoms with E-state index in [0.717, 1.165) is 76.2 Å². The first-order valence-electron chi connectivity index (χ1n) is 20.3. The topological polar surface area (TPSA) is 335 Å². The van der Waals surface area contributed by atoms with Gasteiger partial charge in [0.25, 0.3) is 0 Å². The summed E-state index contributed by atoms with van der Waals surface area (Å²) in [5.41, 5.74) is 0. The summed E-state index contributed by atoms with van der Waals surface area (Å²) in [5, 5.41) is 0. The van der Waals surface area contributed by atoms with Gasteiger partial charge < -0.3 is 75.8 Å². The highest BCUT2D eigenvalue weighted by atomic mass is 16.8. The molecule has 3 aliphatic heterocycles. The molecule has 3 fully saturated rings. The normalized spacial score (nSPS) is 31.2. The maximum absolute atomic E-state index is 13.0. The van der Waals surface area contributed by atoms with E-state index in [1.807, 2.05) is 0 Å². The zero-order valence-electron chi connectivity index (χ0n) is 38.3. The van der Waals surface area contributed by atoms with Crippen LogP contribution >= 0.6 is 0 Å². The summed E-state index contributed by atoms with van der Waals surface area (Å²) < 4.78 is 90.7. The fraction of sp³-hybridized carbons (Fsp3) is 0.725. The molecule has 0 saturated carbocycles. The van der Waals surface area contributed by atoms with Crippen molar-refractivity contribution in [2.45, 2.75) is 168 Å². The van der Waals surface area contributed by atoms with Crippen molar-refractivity contribution in [3.63, 3.8) is 0 Å². The molecule has 0 aromatic heterocycles. The molecule has 0 aliphatic carbocycles. The molecule has 27 heteroatoms. The molecule has 3 rings (SSSR count). The molecule has 27 nitrogen and oxygen atoms in total. The highest BCUT2D eigenvalue weighted by Gasteiger charge is 2.60. The number of hydrogen-bond acceptors (Lipinski definition) is 27. The second-order valence-corrected chi connectivity index (χ2v) is 14.9. The average molecular weight is 967 g/mol. The van der Waals surface area contributed by atoms with Crippen molar-refractivity contribution < 1.29 is 129 Å². The summed E-state index contributed by atoms with van der Waals surface area (Å²) in [4.78, 5) is 137. The van der Waals surface area contributed by atoms with Gasteiger partial charge in [-0.25, -0.2) is 0 Å². The first-order valence-corrected chi connectivity index (χ1v) is 20.3. The van der Waals surface area contributed by atoms with Gasteiger partial charge >= 0.3 is 65.7 Å². The molecular weight excluding hydrogens is 912 g/mol. The summed E-state index contributed by atoms with van der Waals surface area (Å²) in [6.07, 6.45) is -28.0. The van der Waals surface area contributed by atoms with E-state index in [2.05, 4.69) is 0 Å². The molecule has 0 spiro atoms. The third-order valence-electron chi connectivity index (χ3n) is 9.11. The lowest BCUT2D eigenvalue weighted by atomic mass is 9.95. The largest absolute Gasteiger partial charge is 0.463 e. The standard InChI is InChI=1S/C40H54O27/c1-15(41)52-12-26-30(56-19(5)45)33(59-22(8)48)36(38(63-26)62-25(11)51)66-40-37(34(60-23(9)49)31(57-20(6)46)28(65-40)14-54-17(3)43)67-39-35(61-24(10)50)32(58-21(7)47)29(55-18(4)44)27(64-39)13-53-16(2)42/h26-40H,12-14H2,1-11H3/t26-,27-,28+,29-,30+,31-,32+,33+,34+,35-,36-,37+,38-,39-,40+/m0/s1. The van der Waals surface area contributed by atoms with Crippen LogP contribution in [0.1, 0.15) is 76.2 Å². The highest BCUT2D eigenvalue weighted by molar-refractivity contribution is 5.70. The molecule has 0 radical (unpaired) electrons. The monoisotopic (exact) mass is 966 g/mol. The summed E-state index contributed by atoms with van der Waals surface area (Å²) in [6, 6.07) is 0. The number of hydrogen-bond donors (Lipinski definition) is 0. The van der Waals surface area contributed by atoms with E-state index in [0.29, 0.717) is 0 Å². The molecule has 3 saturated heterocycles. The van der Waals surface area contributed by atoms with E-state index in [4.69, 9.17) is 75.8 Å². The Morgan fingerprint density at radius 1 is 0.269 bits per heavy atom. The van der Waals surface area contributed by atoms with E-state index in [1.165, 1.54) is 0 Å². The summed E-state index contributed by atoms with van der Waals surface area (Å²) >= 11 is 0. The Morgan fingerprint density at radius 2 is 0.493 bits per heavy atom. The lowest BCUT2D eigenvalue weighted by Gasteiger charge is -2.50. The maximum Gasteiger partial charge on any atom is 0.305 e. The second kappa shape index (κ2) is 25.2. The molecule has 0 unspecified atom stereocenters. The minimum Gasteiger partial charge on any atom is -0.463 e. The molecule has 15 atom stereocenters. The van der Waals surface area contributed by atoms with Gasteiger partial charge in [-0.05, 0) is 0 Å². The van der Waals surface area contributed by atoms with Gasteiger partial charge in [0.2, 0.25) is 6.29 Å². The van der Waals surface area contributed by atoms with Crippen molar-refractivity contribution in [1.82, 2.24) is 0 Å². The molecule has 3 heterocycles. The van der Waals surface area contributed by atoms with Crippen molar-refractivity contribution in [3.8, 4) is 0 Å². The minimum atomic E-state index is -2.17. The van der Waals surface area contributed by atoms with E-state index < -0.39 is 178 Å². The predicted molar refractivity (Wildman–Crippen MR) is 206 cm³/mol. The van der Waals surface area contributed by atoms with Gasteiger partial charge in [0, 0.05) is 76.2 Å². The first kappa shape index (κ1) is 55.3. The maximum atomic E-state index is 13.0. The minimum absolute atomic E-state index is 0.673. The van der Waals surface area contributed by atoms with Crippen molar-refractivity contribution in [3.05, 3.63) is 0 Å². The summed E-state index contributed by atoms with van der Waals surface area (Å²) in [7, 11) is 0. The molecule has 0 aromatic carbocycles. The predicted octanol–water partition coefficient (Wildman–Crippen LogP) is -1.29. The number of esters is 11. The summed E-state index contributed by atoms with van der Waals surface area (Å²) in [6.45, 7) is 8.55. The third-order valence-corrected chi connectivity index (χ3v) is 9.11. The Bertz CT molecular complexity index is 1850. The quantitative estimate of drug-likeness (QED) is 0.114. The first-order chi connectivity index (χ1) is 31.3. The van der Waals surface area contributed by atoms with Crippen LogP contribution in [0.4, 0.5) is 0 Å². The van der Waals surface area contributed by atoms with E-state index in [-0.39, 0.29) is 0 Å². The van der Waals surface area contributed by atoms with Crippen LogP contribution in [0.25, 0.3) is 0 Å². The van der Waals surface area contributed by atoms with Gasteiger partial charge in [-0.2, -0.15) is 0 Å². The average Bonchev–Trinajstić information content (AvgIpc) is 3.17. The Kier molecular flexibility index (Phi) is 20.8. The molecule has 0 aromatic rings. The zero-order chi connectivity index (χ0) is 50.4. The molecule has 0 bridgehead atoms. The lowest BCUT2D eigenvalue weighted by Crippen LogP contribution is -2.69. The van der Waals surface area contributed by atoms with Crippen molar-refractivity contribution in [1.29, 1.82) is 0 Å².